The zero-order chi connectivity index (χ0) is 15.3. The number of fused-ring (bicyclic) bond motifs is 2. The summed E-state index contributed by atoms with van der Waals surface area (Å²) < 4.78 is 1.66. The highest BCUT2D eigenvalue weighted by Crippen LogP contribution is 2.27. The molecule has 0 saturated heterocycles. The summed E-state index contributed by atoms with van der Waals surface area (Å²) in [7, 11) is 0. The second kappa shape index (κ2) is 5.03. The van der Waals surface area contributed by atoms with Gasteiger partial charge in [0.15, 0.2) is 5.78 Å². The van der Waals surface area contributed by atoms with Crippen molar-refractivity contribution in [3.8, 4) is 0 Å². The fourth-order valence-corrected chi connectivity index (χ4v) is 3.14. The molecule has 0 aliphatic carbocycles. The van der Waals surface area contributed by atoms with Crippen molar-refractivity contribution in [3.05, 3.63) is 57.0 Å². The smallest absolute Gasteiger partial charge is 0.197 e. The zero-order valence-electron chi connectivity index (χ0n) is 11.0. The number of pyridine rings is 2. The molecule has 0 fully saturated rings. The Hall–Kier alpha value is -1.99. The number of hydrogen-bond donors (Lipinski definition) is 2. The number of ketones is 1. The first kappa shape index (κ1) is 13.7. The number of rotatable bonds is 2. The first-order valence-corrected chi connectivity index (χ1v) is 8.02. The van der Waals surface area contributed by atoms with Crippen LogP contribution in [0.2, 0.25) is 0 Å². The van der Waals surface area contributed by atoms with Gasteiger partial charge < -0.3 is 9.97 Å². The molecule has 4 rings (SSSR count). The van der Waals surface area contributed by atoms with Crippen molar-refractivity contribution in [2.75, 3.05) is 0 Å². The lowest BCUT2D eigenvalue weighted by atomic mass is 10.0. The Morgan fingerprint density at radius 3 is 1.77 bits per heavy atom. The van der Waals surface area contributed by atoms with Crippen LogP contribution in [-0.4, -0.2) is 25.7 Å². The molecule has 108 valence electrons. The van der Waals surface area contributed by atoms with Gasteiger partial charge in [-0.2, -0.15) is 0 Å². The minimum Gasteiger partial charge on any atom is -0.345 e. The van der Waals surface area contributed by atoms with Crippen LogP contribution in [0.4, 0.5) is 0 Å². The third kappa shape index (κ3) is 2.08. The quantitative estimate of drug-likeness (QED) is 0.478. The van der Waals surface area contributed by atoms with Gasteiger partial charge in [0, 0.05) is 55.6 Å². The molecule has 2 N–H and O–H groups in total. The summed E-state index contributed by atoms with van der Waals surface area (Å²) in [5.74, 6) is -0.0719. The molecule has 0 aliphatic rings. The number of halogens is 2. The van der Waals surface area contributed by atoms with Gasteiger partial charge in [0.05, 0.1) is 0 Å². The van der Waals surface area contributed by atoms with Crippen LogP contribution in [0.3, 0.4) is 0 Å². The molecule has 0 spiro atoms. The highest BCUT2D eigenvalue weighted by atomic mass is 79.9. The Bertz CT molecular complexity index is 953. The van der Waals surface area contributed by atoms with Crippen molar-refractivity contribution in [2.24, 2.45) is 0 Å². The van der Waals surface area contributed by atoms with Gasteiger partial charge in [-0.1, -0.05) is 0 Å². The second-order valence-corrected chi connectivity index (χ2v) is 6.66. The van der Waals surface area contributed by atoms with E-state index in [9.17, 15) is 4.79 Å². The summed E-state index contributed by atoms with van der Waals surface area (Å²) in [6, 6.07) is 3.77. The fourth-order valence-electron chi connectivity index (χ4n) is 2.48. The third-order valence-electron chi connectivity index (χ3n) is 3.48. The highest BCUT2D eigenvalue weighted by molar-refractivity contribution is 9.10. The number of aromatic amines is 2. The largest absolute Gasteiger partial charge is 0.345 e. The highest BCUT2D eigenvalue weighted by Gasteiger charge is 2.19. The van der Waals surface area contributed by atoms with E-state index < -0.39 is 0 Å². The predicted octanol–water partition coefficient (Wildman–Crippen LogP) is 4.20. The lowest BCUT2D eigenvalue weighted by Crippen LogP contribution is -1.99. The number of nitrogens with one attached hydrogen (secondary N) is 2. The van der Waals surface area contributed by atoms with Gasteiger partial charge in [-0.15, -0.1) is 0 Å². The van der Waals surface area contributed by atoms with Crippen LogP contribution in [0, 0.1) is 0 Å². The van der Waals surface area contributed by atoms with Crippen molar-refractivity contribution in [1.82, 2.24) is 19.9 Å². The summed E-state index contributed by atoms with van der Waals surface area (Å²) in [6.07, 6.45) is 6.77. The second-order valence-electron chi connectivity index (χ2n) is 4.83. The molecule has 0 atom stereocenters. The molecule has 0 unspecified atom stereocenters. The van der Waals surface area contributed by atoms with Crippen molar-refractivity contribution in [1.29, 1.82) is 0 Å². The topological polar surface area (TPSA) is 74.4 Å². The van der Waals surface area contributed by atoms with Crippen LogP contribution >= 0.6 is 31.9 Å². The maximum absolute atomic E-state index is 12.9. The molecule has 0 aliphatic heterocycles. The Kier molecular flexibility index (Phi) is 3.12. The average molecular weight is 420 g/mol. The van der Waals surface area contributed by atoms with Crippen LogP contribution < -0.4 is 0 Å². The number of carbonyl (C=O) groups is 1. The minimum absolute atomic E-state index is 0.0719. The normalized spacial score (nSPS) is 11.4. The van der Waals surface area contributed by atoms with E-state index in [1.54, 1.807) is 24.8 Å². The molecule has 4 heterocycles. The molecule has 4 aromatic heterocycles. The standard InChI is InChI=1S/C15H8Br2N4O/c16-7-1-9-11(5-20-14(9)18-3-7)13(22)12-6-21-15-10(12)2-8(17)4-19-15/h1-6H,(H,18,20)(H,19,21). The lowest BCUT2D eigenvalue weighted by molar-refractivity contribution is 0.104. The van der Waals surface area contributed by atoms with Gasteiger partial charge in [-0.05, 0) is 44.0 Å². The molecule has 0 aromatic carbocycles. The number of aromatic nitrogens is 4. The molecule has 5 nitrogen and oxygen atoms in total. The van der Waals surface area contributed by atoms with Gasteiger partial charge in [0.2, 0.25) is 0 Å². The zero-order valence-corrected chi connectivity index (χ0v) is 14.2. The maximum atomic E-state index is 12.9. The van der Waals surface area contributed by atoms with Crippen LogP contribution in [0.25, 0.3) is 22.1 Å². The SMILES string of the molecule is O=C(c1c[nH]c2ncc(Br)cc12)c1c[nH]c2ncc(Br)cc12. The van der Waals surface area contributed by atoms with Gasteiger partial charge in [-0.3, -0.25) is 4.79 Å². The Labute approximate surface area is 141 Å². The number of nitrogens with zero attached hydrogens (tertiary/aromatic N) is 2. The fraction of sp³-hybridized carbons (Fsp3) is 0. The Morgan fingerprint density at radius 2 is 1.32 bits per heavy atom. The Morgan fingerprint density at radius 1 is 0.864 bits per heavy atom. The van der Waals surface area contributed by atoms with Gasteiger partial charge in [-0.25, -0.2) is 9.97 Å². The molecule has 7 heteroatoms. The maximum Gasteiger partial charge on any atom is 0.197 e. The van der Waals surface area contributed by atoms with Crippen molar-refractivity contribution in [3.63, 3.8) is 0 Å². The number of carbonyl (C=O) groups excluding carboxylic acids is 1. The number of H-pyrrole nitrogens is 2. The van der Waals surface area contributed by atoms with E-state index in [4.69, 9.17) is 0 Å². The summed E-state index contributed by atoms with van der Waals surface area (Å²) in [4.78, 5) is 27.5. The van der Waals surface area contributed by atoms with Crippen LogP contribution in [-0.2, 0) is 0 Å². The first-order chi connectivity index (χ1) is 10.6. The molecule has 0 saturated carbocycles. The summed E-state index contributed by atoms with van der Waals surface area (Å²) in [5.41, 5.74) is 2.55. The molecule has 4 aromatic rings. The van der Waals surface area contributed by atoms with E-state index in [1.165, 1.54) is 0 Å². The van der Waals surface area contributed by atoms with Gasteiger partial charge in [0.25, 0.3) is 0 Å². The molecule has 0 amide bonds. The Balaban J connectivity index is 1.92. The predicted molar refractivity (Wildman–Crippen MR) is 91.0 cm³/mol. The molecule has 0 bridgehead atoms. The van der Waals surface area contributed by atoms with E-state index >= 15 is 0 Å². The van der Waals surface area contributed by atoms with E-state index in [1.807, 2.05) is 12.1 Å². The van der Waals surface area contributed by atoms with E-state index in [2.05, 4.69) is 51.8 Å². The summed E-state index contributed by atoms with van der Waals surface area (Å²) >= 11 is 6.78. The third-order valence-corrected chi connectivity index (χ3v) is 4.35. The van der Waals surface area contributed by atoms with E-state index in [0.29, 0.717) is 22.4 Å². The molecular formula is C15H8Br2N4O. The van der Waals surface area contributed by atoms with Gasteiger partial charge in [0.1, 0.15) is 11.3 Å². The van der Waals surface area contributed by atoms with E-state index in [0.717, 1.165) is 19.7 Å². The summed E-state index contributed by atoms with van der Waals surface area (Å²) in [5, 5.41) is 1.58. The van der Waals surface area contributed by atoms with Crippen LogP contribution in [0.5, 0.6) is 0 Å². The van der Waals surface area contributed by atoms with Crippen molar-refractivity contribution >= 4 is 59.7 Å². The number of hydrogen-bond acceptors (Lipinski definition) is 3. The van der Waals surface area contributed by atoms with Crippen LogP contribution in [0.15, 0.2) is 45.9 Å². The van der Waals surface area contributed by atoms with Crippen molar-refractivity contribution < 1.29 is 4.79 Å². The average Bonchev–Trinajstić information content (AvgIpc) is 3.09. The van der Waals surface area contributed by atoms with E-state index in [-0.39, 0.29) is 5.78 Å². The van der Waals surface area contributed by atoms with Gasteiger partial charge >= 0.3 is 0 Å². The lowest BCUT2D eigenvalue weighted by Gasteiger charge is -1.99. The molecular weight excluding hydrogens is 412 g/mol. The molecule has 22 heavy (non-hydrogen) atoms. The monoisotopic (exact) mass is 418 g/mol. The molecule has 0 radical (unpaired) electrons. The van der Waals surface area contributed by atoms with Crippen molar-refractivity contribution in [2.45, 2.75) is 0 Å². The first-order valence-electron chi connectivity index (χ1n) is 6.43. The summed E-state index contributed by atoms with van der Waals surface area (Å²) in [6.45, 7) is 0. The van der Waals surface area contributed by atoms with Crippen LogP contribution in [0.1, 0.15) is 15.9 Å². The minimum atomic E-state index is -0.0719.